The average molecular weight is 371 g/mol. The number of halogens is 1. The molecule has 2 aromatic carbocycles. The average Bonchev–Trinajstić information content (AvgIpc) is 3.09. The quantitative estimate of drug-likeness (QED) is 0.641. The summed E-state index contributed by atoms with van der Waals surface area (Å²) >= 11 is 1.46. The predicted molar refractivity (Wildman–Crippen MR) is 102 cm³/mol. The van der Waals surface area contributed by atoms with Gasteiger partial charge in [-0.3, -0.25) is 4.99 Å². The third-order valence-corrected chi connectivity index (χ3v) is 4.68. The van der Waals surface area contributed by atoms with Crippen LogP contribution in [-0.2, 0) is 0 Å². The van der Waals surface area contributed by atoms with Gasteiger partial charge in [0, 0.05) is 29.6 Å². The lowest BCUT2D eigenvalue weighted by Crippen LogP contribution is -2.11. The minimum absolute atomic E-state index is 0.276. The molecule has 7 heteroatoms. The van der Waals surface area contributed by atoms with Crippen LogP contribution in [0.3, 0.4) is 0 Å². The molecule has 0 aliphatic heterocycles. The van der Waals surface area contributed by atoms with Gasteiger partial charge in [0.05, 0.1) is 26.1 Å². The third kappa shape index (κ3) is 3.67. The topological polar surface area (TPSA) is 48.1 Å². The number of thiazole rings is 1. The summed E-state index contributed by atoms with van der Waals surface area (Å²) in [5, 5.41) is 6.51. The zero-order chi connectivity index (χ0) is 18.5. The lowest BCUT2D eigenvalue weighted by molar-refractivity contribution is 0.394. The molecule has 3 rings (SSSR count). The van der Waals surface area contributed by atoms with Crippen molar-refractivity contribution in [3.63, 3.8) is 0 Å². The van der Waals surface area contributed by atoms with Gasteiger partial charge in [-0.15, -0.1) is 11.3 Å². The number of rotatable bonds is 5. The molecule has 0 aliphatic rings. The predicted octanol–water partition coefficient (Wildman–Crippen LogP) is 3.79. The van der Waals surface area contributed by atoms with Crippen molar-refractivity contribution in [2.75, 3.05) is 21.3 Å². The lowest BCUT2D eigenvalue weighted by atomic mass is 10.2. The molecule has 0 amide bonds. The van der Waals surface area contributed by atoms with E-state index < -0.39 is 0 Å². The van der Waals surface area contributed by atoms with E-state index >= 15 is 0 Å². The highest BCUT2D eigenvalue weighted by Crippen LogP contribution is 2.24. The summed E-state index contributed by atoms with van der Waals surface area (Å²) in [6.45, 7) is 0. The number of hydrogen-bond acceptors (Lipinski definition) is 5. The van der Waals surface area contributed by atoms with E-state index in [2.05, 4.69) is 10.1 Å². The number of aromatic nitrogens is 1. The Morgan fingerprint density at radius 2 is 1.85 bits per heavy atom. The summed E-state index contributed by atoms with van der Waals surface area (Å²) in [6.07, 6.45) is 1.70. The second-order valence-corrected chi connectivity index (χ2v) is 6.13. The first-order valence-corrected chi connectivity index (χ1v) is 8.70. The van der Waals surface area contributed by atoms with Crippen LogP contribution in [0.25, 0.3) is 11.3 Å². The Kier molecular flexibility index (Phi) is 5.48. The van der Waals surface area contributed by atoms with E-state index in [0.29, 0.717) is 11.5 Å². The molecule has 0 unspecified atom stereocenters. The molecule has 1 aromatic heterocycles. The number of nitrogens with zero attached hydrogens (tertiary/aromatic N) is 3. The molecular formula is C19H18FN3O2S. The molecule has 5 nitrogen and oxygen atoms in total. The van der Waals surface area contributed by atoms with Gasteiger partial charge in [-0.05, 0) is 36.4 Å². The van der Waals surface area contributed by atoms with Crippen LogP contribution in [0.4, 0.5) is 4.39 Å². The summed E-state index contributed by atoms with van der Waals surface area (Å²) in [5.41, 5.74) is 2.50. The van der Waals surface area contributed by atoms with Crippen LogP contribution in [0.1, 0.15) is 5.56 Å². The Hall–Kier alpha value is -2.93. The van der Waals surface area contributed by atoms with E-state index in [-0.39, 0.29) is 5.82 Å². The SMILES string of the molecule is CN=c1scc(-c2ccc(F)cc2)n1N=Cc1ccc(OC)cc1OC. The van der Waals surface area contributed by atoms with Crippen LogP contribution in [0.2, 0.25) is 0 Å². The molecule has 0 fully saturated rings. The second kappa shape index (κ2) is 7.97. The first-order valence-electron chi connectivity index (χ1n) is 7.82. The molecular weight excluding hydrogens is 353 g/mol. The van der Waals surface area contributed by atoms with Crippen LogP contribution in [0.15, 0.2) is 57.9 Å². The van der Waals surface area contributed by atoms with Crippen molar-refractivity contribution in [3.8, 4) is 22.8 Å². The summed E-state index contributed by atoms with van der Waals surface area (Å²) in [7, 11) is 4.91. The van der Waals surface area contributed by atoms with Gasteiger partial charge in [0.15, 0.2) is 0 Å². The highest BCUT2D eigenvalue weighted by molar-refractivity contribution is 7.07. The Bertz CT molecular complexity index is 991. The molecule has 0 N–H and O–H groups in total. The molecule has 134 valence electrons. The summed E-state index contributed by atoms with van der Waals surface area (Å²) in [5.74, 6) is 1.09. The highest BCUT2D eigenvalue weighted by atomic mass is 32.1. The van der Waals surface area contributed by atoms with Crippen molar-refractivity contribution in [2.45, 2.75) is 0 Å². The zero-order valence-electron chi connectivity index (χ0n) is 14.6. The Labute approximate surface area is 154 Å². The molecule has 0 spiro atoms. The first kappa shape index (κ1) is 17.9. The summed E-state index contributed by atoms with van der Waals surface area (Å²) in [6, 6.07) is 11.8. The largest absolute Gasteiger partial charge is 0.497 e. The molecule has 26 heavy (non-hydrogen) atoms. The minimum atomic E-state index is -0.276. The van der Waals surface area contributed by atoms with Gasteiger partial charge in [0.25, 0.3) is 0 Å². The third-order valence-electron chi connectivity index (χ3n) is 3.77. The van der Waals surface area contributed by atoms with Gasteiger partial charge in [-0.1, -0.05) is 0 Å². The van der Waals surface area contributed by atoms with E-state index in [1.807, 2.05) is 17.5 Å². The van der Waals surface area contributed by atoms with Crippen LogP contribution in [0.5, 0.6) is 11.5 Å². The van der Waals surface area contributed by atoms with Crippen LogP contribution in [0, 0.1) is 5.82 Å². The smallest absolute Gasteiger partial charge is 0.205 e. The van der Waals surface area contributed by atoms with Gasteiger partial charge in [-0.2, -0.15) is 5.10 Å². The Balaban J connectivity index is 2.04. The number of ether oxygens (including phenoxy) is 2. The van der Waals surface area contributed by atoms with Crippen molar-refractivity contribution in [3.05, 3.63) is 64.0 Å². The van der Waals surface area contributed by atoms with Gasteiger partial charge in [-0.25, -0.2) is 9.07 Å². The molecule has 0 aliphatic carbocycles. The van der Waals surface area contributed by atoms with Crippen molar-refractivity contribution < 1.29 is 13.9 Å². The fraction of sp³-hybridized carbons (Fsp3) is 0.158. The highest BCUT2D eigenvalue weighted by Gasteiger charge is 2.08. The fourth-order valence-electron chi connectivity index (χ4n) is 2.43. The Morgan fingerprint density at radius 3 is 2.50 bits per heavy atom. The van der Waals surface area contributed by atoms with Gasteiger partial charge >= 0.3 is 0 Å². The summed E-state index contributed by atoms with van der Waals surface area (Å²) < 4.78 is 25.5. The zero-order valence-corrected chi connectivity index (χ0v) is 15.5. The molecule has 0 atom stereocenters. The maximum Gasteiger partial charge on any atom is 0.205 e. The molecule has 3 aromatic rings. The maximum atomic E-state index is 13.2. The Morgan fingerprint density at radius 1 is 1.08 bits per heavy atom. The minimum Gasteiger partial charge on any atom is -0.497 e. The first-order chi connectivity index (χ1) is 12.7. The standard InChI is InChI=1S/C19H18FN3O2S/c1-21-19-23(17(12-26-19)13-4-7-15(20)8-5-13)22-11-14-6-9-16(24-2)10-18(14)25-3/h4-12H,1-3H3. The molecule has 0 saturated carbocycles. The van der Waals surface area contributed by atoms with Crippen molar-refractivity contribution >= 4 is 17.6 Å². The van der Waals surface area contributed by atoms with Gasteiger partial charge < -0.3 is 9.47 Å². The number of hydrogen-bond donors (Lipinski definition) is 0. The lowest BCUT2D eigenvalue weighted by Gasteiger charge is -2.07. The van der Waals surface area contributed by atoms with E-state index in [9.17, 15) is 4.39 Å². The monoisotopic (exact) mass is 371 g/mol. The van der Waals surface area contributed by atoms with Crippen LogP contribution < -0.4 is 14.3 Å². The molecule has 0 radical (unpaired) electrons. The van der Waals surface area contributed by atoms with Crippen molar-refractivity contribution in [1.82, 2.24) is 4.68 Å². The van der Waals surface area contributed by atoms with E-state index in [0.717, 1.165) is 21.6 Å². The fourth-order valence-corrected chi connectivity index (χ4v) is 3.23. The van der Waals surface area contributed by atoms with E-state index in [1.165, 1.54) is 23.5 Å². The number of benzene rings is 2. The van der Waals surface area contributed by atoms with E-state index in [1.54, 1.807) is 50.4 Å². The molecule has 0 saturated heterocycles. The normalized spacial score (nSPS) is 11.9. The number of methoxy groups -OCH3 is 2. The van der Waals surface area contributed by atoms with Crippen molar-refractivity contribution in [2.24, 2.45) is 10.1 Å². The molecule has 0 bridgehead atoms. The van der Waals surface area contributed by atoms with Gasteiger partial charge in [0.2, 0.25) is 4.80 Å². The molecule has 1 heterocycles. The van der Waals surface area contributed by atoms with Gasteiger partial charge in [0.1, 0.15) is 17.3 Å². The van der Waals surface area contributed by atoms with Crippen molar-refractivity contribution in [1.29, 1.82) is 0 Å². The van der Waals surface area contributed by atoms with E-state index in [4.69, 9.17) is 9.47 Å². The summed E-state index contributed by atoms with van der Waals surface area (Å²) in [4.78, 5) is 4.99. The van der Waals surface area contributed by atoms with Crippen LogP contribution >= 0.6 is 11.3 Å². The second-order valence-electron chi connectivity index (χ2n) is 5.30. The maximum absolute atomic E-state index is 13.2. The van der Waals surface area contributed by atoms with Crippen LogP contribution in [-0.4, -0.2) is 32.2 Å².